The van der Waals surface area contributed by atoms with Crippen LogP contribution >= 0.6 is 0 Å². The Bertz CT molecular complexity index is 1390. The number of aromatic hydroxyl groups is 4. The summed E-state index contributed by atoms with van der Waals surface area (Å²) in [6, 6.07) is 11.6. The lowest BCUT2D eigenvalue weighted by Gasteiger charge is -2.14. The molecule has 0 aliphatic rings. The van der Waals surface area contributed by atoms with Gasteiger partial charge in [-0.25, -0.2) is 9.59 Å². The summed E-state index contributed by atoms with van der Waals surface area (Å²) in [5.74, 6) is -2.91. The molecular formula is C28H26O10. The van der Waals surface area contributed by atoms with Crippen molar-refractivity contribution in [3.63, 3.8) is 0 Å². The first-order valence-electron chi connectivity index (χ1n) is 11.2. The molecular weight excluding hydrogens is 496 g/mol. The van der Waals surface area contributed by atoms with Crippen LogP contribution in [0.4, 0.5) is 0 Å². The molecule has 10 nitrogen and oxygen atoms in total. The van der Waals surface area contributed by atoms with Gasteiger partial charge in [-0.3, -0.25) is 0 Å². The van der Waals surface area contributed by atoms with Crippen LogP contribution in [0, 0.1) is 0 Å². The van der Waals surface area contributed by atoms with Crippen molar-refractivity contribution in [2.75, 3.05) is 14.2 Å². The zero-order valence-corrected chi connectivity index (χ0v) is 20.5. The minimum atomic E-state index is -1.52. The molecule has 198 valence electrons. The van der Waals surface area contributed by atoms with Crippen molar-refractivity contribution in [1.82, 2.24) is 0 Å². The molecule has 0 aliphatic carbocycles. The average Bonchev–Trinajstić information content (AvgIpc) is 2.90. The van der Waals surface area contributed by atoms with Gasteiger partial charge in [-0.1, -0.05) is 24.3 Å². The van der Waals surface area contributed by atoms with Crippen molar-refractivity contribution < 1.29 is 49.3 Å². The highest BCUT2D eigenvalue weighted by Crippen LogP contribution is 2.34. The van der Waals surface area contributed by atoms with E-state index in [9.17, 15) is 35.1 Å². The Morgan fingerprint density at radius 2 is 1.45 bits per heavy atom. The van der Waals surface area contributed by atoms with Gasteiger partial charge in [0, 0.05) is 18.1 Å². The number of rotatable bonds is 10. The Labute approximate surface area is 217 Å². The molecule has 10 heteroatoms. The molecule has 0 aliphatic heterocycles. The first kappa shape index (κ1) is 27.5. The number of carbonyl (C=O) groups is 2. The van der Waals surface area contributed by atoms with Crippen LogP contribution in [0.1, 0.15) is 22.3 Å². The first-order valence-corrected chi connectivity index (χ1v) is 11.2. The highest BCUT2D eigenvalue weighted by atomic mass is 16.6. The van der Waals surface area contributed by atoms with Gasteiger partial charge in [-0.15, -0.1) is 0 Å². The molecule has 1 atom stereocenters. The third-order valence-electron chi connectivity index (χ3n) is 5.47. The summed E-state index contributed by atoms with van der Waals surface area (Å²) in [5, 5.41) is 49.3. The van der Waals surface area contributed by atoms with Crippen LogP contribution in [0.15, 0.2) is 54.6 Å². The minimum Gasteiger partial charge on any atom is -0.504 e. The van der Waals surface area contributed by atoms with Gasteiger partial charge in [0.15, 0.2) is 34.5 Å². The van der Waals surface area contributed by atoms with Crippen LogP contribution in [0.25, 0.3) is 18.2 Å². The molecule has 5 N–H and O–H groups in total. The van der Waals surface area contributed by atoms with E-state index < -0.39 is 23.8 Å². The lowest BCUT2D eigenvalue weighted by Crippen LogP contribution is -2.28. The lowest BCUT2D eigenvalue weighted by atomic mass is 10.0. The largest absolute Gasteiger partial charge is 0.504 e. The Kier molecular flexibility index (Phi) is 8.83. The number of benzene rings is 3. The predicted molar refractivity (Wildman–Crippen MR) is 138 cm³/mol. The molecule has 0 aromatic heterocycles. The van der Waals surface area contributed by atoms with Gasteiger partial charge in [-0.05, 0) is 59.2 Å². The van der Waals surface area contributed by atoms with E-state index in [2.05, 4.69) is 0 Å². The number of phenols is 4. The fraction of sp³-hybridized carbons (Fsp3) is 0.143. The van der Waals surface area contributed by atoms with Gasteiger partial charge in [0.05, 0.1) is 14.2 Å². The van der Waals surface area contributed by atoms with Crippen molar-refractivity contribution >= 4 is 30.2 Å². The van der Waals surface area contributed by atoms with E-state index >= 15 is 0 Å². The summed E-state index contributed by atoms with van der Waals surface area (Å²) in [7, 11) is 2.76. The van der Waals surface area contributed by atoms with Gasteiger partial charge < -0.3 is 39.7 Å². The third-order valence-corrected chi connectivity index (χ3v) is 5.47. The van der Waals surface area contributed by atoms with Gasteiger partial charge in [0.1, 0.15) is 0 Å². The number of methoxy groups -OCH3 is 2. The fourth-order valence-electron chi connectivity index (χ4n) is 3.49. The van der Waals surface area contributed by atoms with Crippen LogP contribution in [0.5, 0.6) is 34.5 Å². The molecule has 3 rings (SSSR count). The summed E-state index contributed by atoms with van der Waals surface area (Å²) in [6.07, 6.45) is 3.71. The summed E-state index contributed by atoms with van der Waals surface area (Å²) in [5.41, 5.74) is 1.58. The molecule has 0 saturated heterocycles. The molecule has 3 aromatic carbocycles. The van der Waals surface area contributed by atoms with Crippen LogP contribution in [-0.4, -0.2) is 57.8 Å². The first-order chi connectivity index (χ1) is 18.1. The number of esters is 1. The maximum Gasteiger partial charge on any atom is 0.345 e. The highest BCUT2D eigenvalue weighted by molar-refractivity contribution is 5.91. The normalized spacial score (nSPS) is 11.9. The van der Waals surface area contributed by atoms with E-state index in [1.807, 2.05) is 0 Å². The van der Waals surface area contributed by atoms with Gasteiger partial charge in [0.25, 0.3) is 0 Å². The molecule has 0 bridgehead atoms. The zero-order chi connectivity index (χ0) is 27.8. The van der Waals surface area contributed by atoms with Crippen LogP contribution in [-0.2, 0) is 20.7 Å². The van der Waals surface area contributed by atoms with Crippen LogP contribution in [0.3, 0.4) is 0 Å². The van der Waals surface area contributed by atoms with Crippen molar-refractivity contribution in [1.29, 1.82) is 0 Å². The molecule has 0 saturated carbocycles. The topological polar surface area (TPSA) is 163 Å². The quantitative estimate of drug-likeness (QED) is 0.114. The molecule has 0 amide bonds. The molecule has 0 radical (unpaired) electrons. The zero-order valence-electron chi connectivity index (χ0n) is 20.5. The summed E-state index contributed by atoms with van der Waals surface area (Å²) in [4.78, 5) is 24.1. The van der Waals surface area contributed by atoms with Crippen molar-refractivity contribution in [2.24, 2.45) is 0 Å². The van der Waals surface area contributed by atoms with E-state index in [0.717, 1.165) is 6.08 Å². The Hall–Kier alpha value is -5.12. The summed E-state index contributed by atoms with van der Waals surface area (Å²) in [6.45, 7) is 0. The highest BCUT2D eigenvalue weighted by Gasteiger charge is 2.22. The van der Waals surface area contributed by atoms with Crippen molar-refractivity contribution in [3.05, 3.63) is 76.9 Å². The predicted octanol–water partition coefficient (Wildman–Crippen LogP) is 3.95. The molecule has 0 unspecified atom stereocenters. The molecule has 0 heterocycles. The second kappa shape index (κ2) is 12.2. The summed E-state index contributed by atoms with van der Waals surface area (Å²) >= 11 is 0. The van der Waals surface area contributed by atoms with Crippen LogP contribution < -0.4 is 9.47 Å². The molecule has 0 spiro atoms. The van der Waals surface area contributed by atoms with Gasteiger partial charge in [0.2, 0.25) is 6.10 Å². The smallest absolute Gasteiger partial charge is 0.345 e. The number of phenolic OH excluding ortho intramolecular Hbond substituents is 4. The molecule has 38 heavy (non-hydrogen) atoms. The van der Waals surface area contributed by atoms with E-state index in [1.54, 1.807) is 18.2 Å². The van der Waals surface area contributed by atoms with E-state index in [-0.39, 0.29) is 40.7 Å². The third kappa shape index (κ3) is 6.76. The van der Waals surface area contributed by atoms with E-state index in [0.29, 0.717) is 16.7 Å². The molecule has 3 aromatic rings. The van der Waals surface area contributed by atoms with Gasteiger partial charge in [-0.2, -0.15) is 0 Å². The number of carboxylic acids is 1. The molecule has 0 fully saturated rings. The van der Waals surface area contributed by atoms with Crippen molar-refractivity contribution in [3.8, 4) is 34.5 Å². The Balaban J connectivity index is 1.80. The Morgan fingerprint density at radius 3 is 2.11 bits per heavy atom. The lowest BCUT2D eigenvalue weighted by molar-refractivity contribution is -0.160. The standard InChI is InChI=1S/C28H26O10/c1-36-23-13-16(4-9-20(23)29)3-8-19-18(6-11-22(31)27(19)33)7-12-26(32)38-25(28(34)35)15-17-5-10-21(30)24(14-17)37-2/h3-14,25,29-31,33H,15H2,1-2H3,(H,34,35)/b8-3+,12-7+/t25-/m1/s1. The fourth-order valence-corrected chi connectivity index (χ4v) is 3.49. The second-order valence-electron chi connectivity index (χ2n) is 8.01. The van der Waals surface area contributed by atoms with Gasteiger partial charge >= 0.3 is 11.9 Å². The van der Waals surface area contributed by atoms with Crippen LogP contribution in [0.2, 0.25) is 0 Å². The number of carbonyl (C=O) groups excluding carboxylic acids is 1. The average molecular weight is 523 g/mol. The number of ether oxygens (including phenoxy) is 3. The SMILES string of the molecule is COc1cc(/C=C/c2c(/C=C/C(=O)O[C@H](Cc3ccc(O)c(OC)c3)C(=O)O)ccc(O)c2O)ccc1O. The minimum absolute atomic E-state index is 0.0452. The van der Waals surface area contributed by atoms with Crippen molar-refractivity contribution in [2.45, 2.75) is 12.5 Å². The second-order valence-corrected chi connectivity index (χ2v) is 8.01. The number of carboxylic acid groups (broad SMARTS) is 1. The number of hydrogen-bond donors (Lipinski definition) is 5. The number of hydrogen-bond acceptors (Lipinski definition) is 9. The maximum atomic E-state index is 12.4. The monoisotopic (exact) mass is 522 g/mol. The summed E-state index contributed by atoms with van der Waals surface area (Å²) < 4.78 is 15.2. The number of aliphatic carboxylic acids is 1. The Morgan fingerprint density at radius 1 is 0.816 bits per heavy atom. The van der Waals surface area contributed by atoms with E-state index in [4.69, 9.17) is 14.2 Å². The van der Waals surface area contributed by atoms with E-state index in [1.165, 1.54) is 62.8 Å². The maximum absolute atomic E-state index is 12.4.